The van der Waals surface area contributed by atoms with Gasteiger partial charge in [-0.1, -0.05) is 19.3 Å². The van der Waals surface area contributed by atoms with Crippen LogP contribution in [0.4, 0.5) is 5.82 Å². The average Bonchev–Trinajstić information content (AvgIpc) is 2.38. The van der Waals surface area contributed by atoms with Crippen LogP contribution in [-0.2, 0) is 0 Å². The van der Waals surface area contributed by atoms with Crippen LogP contribution in [0.3, 0.4) is 0 Å². The molecule has 6 heteroatoms. The van der Waals surface area contributed by atoms with E-state index in [2.05, 4.69) is 15.5 Å². The summed E-state index contributed by atoms with van der Waals surface area (Å²) in [6.07, 6.45) is 6.21. The van der Waals surface area contributed by atoms with Crippen molar-refractivity contribution >= 4 is 11.8 Å². The van der Waals surface area contributed by atoms with E-state index >= 15 is 0 Å². The van der Waals surface area contributed by atoms with Gasteiger partial charge in [0.1, 0.15) is 11.4 Å². The third-order valence-electron chi connectivity index (χ3n) is 3.33. The van der Waals surface area contributed by atoms with Gasteiger partial charge in [0, 0.05) is 12.6 Å². The third-order valence-corrected chi connectivity index (χ3v) is 3.33. The van der Waals surface area contributed by atoms with Gasteiger partial charge in [0.15, 0.2) is 0 Å². The number of aromatic amines is 1. The highest BCUT2D eigenvalue weighted by Gasteiger charge is 2.14. The normalized spacial score (nSPS) is 16.4. The van der Waals surface area contributed by atoms with Crippen molar-refractivity contribution in [1.82, 2.24) is 10.2 Å². The van der Waals surface area contributed by atoms with Crippen LogP contribution in [0, 0.1) is 5.92 Å². The lowest BCUT2D eigenvalue weighted by Gasteiger charge is -2.21. The number of hydrogen-bond acceptors (Lipinski definition) is 4. The van der Waals surface area contributed by atoms with Crippen LogP contribution >= 0.6 is 0 Å². The van der Waals surface area contributed by atoms with Gasteiger partial charge in [0.2, 0.25) is 0 Å². The molecule has 98 valence electrons. The highest BCUT2D eigenvalue weighted by atomic mass is 16.4. The number of hydrogen-bond donors (Lipinski definition) is 3. The Kier molecular flexibility index (Phi) is 3.96. The molecule has 0 unspecified atom stereocenters. The van der Waals surface area contributed by atoms with Crippen molar-refractivity contribution in [2.24, 2.45) is 5.92 Å². The van der Waals surface area contributed by atoms with Gasteiger partial charge in [0.25, 0.3) is 5.56 Å². The van der Waals surface area contributed by atoms with Gasteiger partial charge in [-0.25, -0.2) is 9.89 Å². The van der Waals surface area contributed by atoms with Crippen LogP contribution in [0.15, 0.2) is 10.9 Å². The molecule has 18 heavy (non-hydrogen) atoms. The molecule has 0 bridgehead atoms. The van der Waals surface area contributed by atoms with Crippen molar-refractivity contribution in [3.05, 3.63) is 22.0 Å². The standard InChI is InChI=1S/C12H17N3O3/c16-11-9(12(17)18)6-10(14-15-11)13-7-8-4-2-1-3-5-8/h6,8H,1-5,7H2,(H,13,14)(H,15,16)(H,17,18). The van der Waals surface area contributed by atoms with Crippen LogP contribution in [0.2, 0.25) is 0 Å². The molecule has 0 aromatic carbocycles. The van der Waals surface area contributed by atoms with E-state index < -0.39 is 11.5 Å². The van der Waals surface area contributed by atoms with Crippen molar-refractivity contribution in [2.45, 2.75) is 32.1 Å². The molecule has 3 N–H and O–H groups in total. The number of H-pyrrole nitrogens is 1. The number of aromatic nitrogens is 2. The second kappa shape index (κ2) is 5.66. The fourth-order valence-electron chi connectivity index (χ4n) is 2.30. The third kappa shape index (κ3) is 3.09. The Morgan fingerprint density at radius 3 is 2.83 bits per heavy atom. The zero-order valence-corrected chi connectivity index (χ0v) is 10.1. The first-order valence-electron chi connectivity index (χ1n) is 6.23. The quantitative estimate of drug-likeness (QED) is 0.753. The van der Waals surface area contributed by atoms with Gasteiger partial charge < -0.3 is 10.4 Å². The Bertz CT molecular complexity index is 478. The number of nitrogens with one attached hydrogen (secondary N) is 2. The summed E-state index contributed by atoms with van der Waals surface area (Å²) < 4.78 is 0. The predicted octanol–water partition coefficient (Wildman–Crippen LogP) is 1.46. The van der Waals surface area contributed by atoms with Gasteiger partial charge in [-0.05, 0) is 18.8 Å². The molecule has 1 aromatic rings. The molecule has 1 saturated carbocycles. The van der Waals surface area contributed by atoms with Crippen molar-refractivity contribution in [3.63, 3.8) is 0 Å². The lowest BCUT2D eigenvalue weighted by atomic mass is 9.89. The summed E-state index contributed by atoms with van der Waals surface area (Å²) >= 11 is 0. The smallest absolute Gasteiger partial charge is 0.341 e. The molecular formula is C12H17N3O3. The van der Waals surface area contributed by atoms with Gasteiger partial charge in [-0.15, -0.1) is 0 Å². The molecule has 0 saturated heterocycles. The highest BCUT2D eigenvalue weighted by Crippen LogP contribution is 2.23. The minimum absolute atomic E-state index is 0.281. The summed E-state index contributed by atoms with van der Waals surface area (Å²) in [4.78, 5) is 22.0. The van der Waals surface area contributed by atoms with E-state index in [4.69, 9.17) is 5.11 Å². The Labute approximate surface area is 104 Å². The maximum atomic E-state index is 11.2. The highest BCUT2D eigenvalue weighted by molar-refractivity contribution is 5.87. The number of carboxylic acid groups (broad SMARTS) is 1. The first-order valence-corrected chi connectivity index (χ1v) is 6.23. The monoisotopic (exact) mass is 251 g/mol. The zero-order chi connectivity index (χ0) is 13.0. The summed E-state index contributed by atoms with van der Waals surface area (Å²) in [5.74, 6) is -0.210. The molecular weight excluding hydrogens is 234 g/mol. The lowest BCUT2D eigenvalue weighted by molar-refractivity contribution is 0.0694. The van der Waals surface area contributed by atoms with Crippen LogP contribution in [0.1, 0.15) is 42.5 Å². The van der Waals surface area contributed by atoms with Crippen LogP contribution in [-0.4, -0.2) is 27.8 Å². The van der Waals surface area contributed by atoms with Crippen molar-refractivity contribution in [3.8, 4) is 0 Å². The number of nitrogens with zero attached hydrogens (tertiary/aromatic N) is 1. The molecule has 0 atom stereocenters. The fourth-order valence-corrected chi connectivity index (χ4v) is 2.30. The molecule has 1 aliphatic rings. The lowest BCUT2D eigenvalue weighted by Crippen LogP contribution is -2.22. The SMILES string of the molecule is O=C(O)c1cc(NCC2CCCCC2)n[nH]c1=O. The van der Waals surface area contributed by atoms with E-state index in [-0.39, 0.29) is 5.56 Å². The van der Waals surface area contributed by atoms with Crippen molar-refractivity contribution in [1.29, 1.82) is 0 Å². The van der Waals surface area contributed by atoms with E-state index in [9.17, 15) is 9.59 Å². The molecule has 1 heterocycles. The van der Waals surface area contributed by atoms with Crippen LogP contribution in [0.25, 0.3) is 0 Å². The molecule has 1 aromatic heterocycles. The van der Waals surface area contributed by atoms with Gasteiger partial charge >= 0.3 is 5.97 Å². The van der Waals surface area contributed by atoms with E-state index in [1.807, 2.05) is 0 Å². The maximum Gasteiger partial charge on any atom is 0.341 e. The van der Waals surface area contributed by atoms with Crippen molar-refractivity contribution < 1.29 is 9.90 Å². The Balaban J connectivity index is 1.98. The largest absolute Gasteiger partial charge is 0.477 e. The summed E-state index contributed by atoms with van der Waals surface area (Å²) in [6.45, 7) is 0.776. The molecule has 0 spiro atoms. The van der Waals surface area contributed by atoms with E-state index in [0.717, 1.165) is 6.54 Å². The fraction of sp³-hybridized carbons (Fsp3) is 0.583. The van der Waals surface area contributed by atoms with Crippen LogP contribution in [0.5, 0.6) is 0 Å². The predicted molar refractivity (Wildman–Crippen MR) is 66.9 cm³/mol. The number of aromatic carboxylic acids is 1. The summed E-state index contributed by atoms with van der Waals surface area (Å²) in [7, 11) is 0. The Morgan fingerprint density at radius 1 is 1.44 bits per heavy atom. The molecule has 0 aliphatic heterocycles. The molecule has 0 amide bonds. The van der Waals surface area contributed by atoms with E-state index in [0.29, 0.717) is 11.7 Å². The summed E-state index contributed by atoms with van der Waals surface area (Å²) in [5, 5.41) is 17.9. The maximum absolute atomic E-state index is 11.2. The summed E-state index contributed by atoms with van der Waals surface area (Å²) in [5.41, 5.74) is -0.957. The first kappa shape index (κ1) is 12.6. The molecule has 1 fully saturated rings. The van der Waals surface area contributed by atoms with E-state index in [1.165, 1.54) is 38.2 Å². The minimum atomic E-state index is -1.24. The molecule has 0 radical (unpaired) electrons. The number of rotatable bonds is 4. The van der Waals surface area contributed by atoms with E-state index in [1.54, 1.807) is 0 Å². The van der Waals surface area contributed by atoms with Gasteiger partial charge in [-0.2, -0.15) is 5.10 Å². The molecule has 6 nitrogen and oxygen atoms in total. The topological polar surface area (TPSA) is 95.1 Å². The Morgan fingerprint density at radius 2 is 2.17 bits per heavy atom. The number of carboxylic acids is 1. The van der Waals surface area contributed by atoms with Crippen LogP contribution < -0.4 is 10.9 Å². The average molecular weight is 251 g/mol. The first-order chi connectivity index (χ1) is 8.66. The minimum Gasteiger partial charge on any atom is -0.477 e. The number of anilines is 1. The molecule has 1 aliphatic carbocycles. The second-order valence-electron chi connectivity index (χ2n) is 4.69. The van der Waals surface area contributed by atoms with Gasteiger partial charge in [0.05, 0.1) is 0 Å². The Hall–Kier alpha value is -1.85. The van der Waals surface area contributed by atoms with Crippen molar-refractivity contribution in [2.75, 3.05) is 11.9 Å². The molecule has 2 rings (SSSR count). The summed E-state index contributed by atoms with van der Waals surface area (Å²) in [6, 6.07) is 1.28. The second-order valence-corrected chi connectivity index (χ2v) is 4.69. The number of carbonyl (C=O) groups is 1. The van der Waals surface area contributed by atoms with Gasteiger partial charge in [-0.3, -0.25) is 4.79 Å². The zero-order valence-electron chi connectivity index (χ0n) is 10.1.